The molecule has 8 heteroatoms. The number of anilines is 1. The summed E-state index contributed by atoms with van der Waals surface area (Å²) in [7, 11) is 1.65. The molecule has 0 saturated carbocycles. The number of hydrogen-bond acceptors (Lipinski definition) is 6. The van der Waals surface area contributed by atoms with Crippen molar-refractivity contribution in [1.29, 1.82) is 0 Å². The molecule has 0 bridgehead atoms. The van der Waals surface area contributed by atoms with Crippen LogP contribution >= 0.6 is 0 Å². The molecule has 2 aromatic carbocycles. The Morgan fingerprint density at radius 2 is 1.90 bits per heavy atom. The van der Waals surface area contributed by atoms with E-state index in [1.54, 1.807) is 17.7 Å². The molecular weight excluding hydrogens is 392 g/mol. The minimum Gasteiger partial charge on any atom is -0.497 e. The molecule has 2 heterocycles. The summed E-state index contributed by atoms with van der Waals surface area (Å²) in [6.07, 6.45) is 0.521. The lowest BCUT2D eigenvalue weighted by Gasteiger charge is -2.08. The zero-order valence-electron chi connectivity index (χ0n) is 17.5. The predicted octanol–water partition coefficient (Wildman–Crippen LogP) is 3.03. The third-order valence-electron chi connectivity index (χ3n) is 4.87. The van der Waals surface area contributed by atoms with Crippen molar-refractivity contribution in [2.45, 2.75) is 19.9 Å². The molecule has 2 N–H and O–H groups in total. The van der Waals surface area contributed by atoms with Gasteiger partial charge in [-0.1, -0.05) is 29.8 Å². The van der Waals surface area contributed by atoms with Gasteiger partial charge in [0, 0.05) is 25.1 Å². The molecule has 4 aromatic rings. The van der Waals surface area contributed by atoms with Gasteiger partial charge in [-0.25, -0.2) is 0 Å². The molecule has 2 aromatic heterocycles. The Labute approximate surface area is 180 Å². The van der Waals surface area contributed by atoms with E-state index in [4.69, 9.17) is 4.74 Å². The molecule has 0 radical (unpaired) electrons. The van der Waals surface area contributed by atoms with Crippen LogP contribution in [0.1, 0.15) is 27.3 Å². The van der Waals surface area contributed by atoms with Crippen molar-refractivity contribution in [2.24, 2.45) is 0 Å². The second-order valence-corrected chi connectivity index (χ2v) is 7.18. The predicted molar refractivity (Wildman–Crippen MR) is 118 cm³/mol. The topological polar surface area (TPSA) is 93.4 Å². The van der Waals surface area contributed by atoms with E-state index in [1.165, 1.54) is 0 Å². The van der Waals surface area contributed by atoms with Gasteiger partial charge < -0.3 is 15.4 Å². The van der Waals surface area contributed by atoms with E-state index in [1.807, 2.05) is 61.5 Å². The average Bonchev–Trinajstić information content (AvgIpc) is 3.20. The molecule has 158 valence electrons. The summed E-state index contributed by atoms with van der Waals surface area (Å²) < 4.78 is 6.89. The number of carbonyl (C=O) groups is 1. The highest BCUT2D eigenvalue weighted by Gasteiger charge is 2.10. The van der Waals surface area contributed by atoms with Crippen molar-refractivity contribution >= 4 is 17.4 Å². The number of aryl methyl sites for hydroxylation is 1. The number of hydrogen-bond donors (Lipinski definition) is 2. The van der Waals surface area contributed by atoms with Gasteiger partial charge in [-0.05, 0) is 48.9 Å². The average molecular weight is 416 g/mol. The van der Waals surface area contributed by atoms with Gasteiger partial charge in [0.1, 0.15) is 11.6 Å². The summed E-state index contributed by atoms with van der Waals surface area (Å²) in [4.78, 5) is 12.3. The molecular formula is C23H24N6O2. The Bertz CT molecular complexity index is 1190. The van der Waals surface area contributed by atoms with Crippen molar-refractivity contribution in [3.8, 4) is 5.75 Å². The SMILES string of the molecule is COc1ccc(CNc2ccc3nnc(CCNC(=O)c4cccc(C)c4)n3n2)cc1. The molecule has 0 aliphatic heterocycles. The van der Waals surface area contributed by atoms with E-state index in [9.17, 15) is 4.79 Å². The number of methoxy groups -OCH3 is 1. The van der Waals surface area contributed by atoms with Crippen LogP contribution in [0.5, 0.6) is 5.75 Å². The normalized spacial score (nSPS) is 10.8. The third-order valence-corrected chi connectivity index (χ3v) is 4.87. The molecule has 0 aliphatic rings. The van der Waals surface area contributed by atoms with E-state index in [-0.39, 0.29) is 5.91 Å². The molecule has 4 rings (SSSR count). The molecule has 1 amide bonds. The van der Waals surface area contributed by atoms with Gasteiger partial charge >= 0.3 is 0 Å². The number of nitrogens with one attached hydrogen (secondary N) is 2. The van der Waals surface area contributed by atoms with Crippen LogP contribution in [0.25, 0.3) is 5.65 Å². The van der Waals surface area contributed by atoms with Gasteiger partial charge in [0.25, 0.3) is 5.91 Å². The first-order chi connectivity index (χ1) is 15.1. The number of amides is 1. The van der Waals surface area contributed by atoms with Gasteiger partial charge in [0.05, 0.1) is 7.11 Å². The molecule has 0 atom stereocenters. The van der Waals surface area contributed by atoms with Gasteiger partial charge in [-0.2, -0.15) is 4.52 Å². The Balaban J connectivity index is 1.37. The Hall–Kier alpha value is -3.94. The van der Waals surface area contributed by atoms with Crippen LogP contribution in [0, 0.1) is 6.92 Å². The molecule has 31 heavy (non-hydrogen) atoms. The number of carbonyl (C=O) groups excluding carboxylic acids is 1. The maximum absolute atomic E-state index is 12.3. The number of rotatable bonds is 8. The van der Waals surface area contributed by atoms with Crippen LogP contribution in [0.3, 0.4) is 0 Å². The summed E-state index contributed by atoms with van der Waals surface area (Å²) in [5.41, 5.74) is 3.48. The first-order valence-electron chi connectivity index (χ1n) is 10.1. The van der Waals surface area contributed by atoms with Gasteiger partial charge in [0.2, 0.25) is 0 Å². The maximum Gasteiger partial charge on any atom is 0.251 e. The highest BCUT2D eigenvalue weighted by molar-refractivity contribution is 5.94. The molecule has 0 unspecified atom stereocenters. The fourth-order valence-corrected chi connectivity index (χ4v) is 3.20. The number of ether oxygens (including phenoxy) is 1. The first kappa shape index (κ1) is 20.3. The number of nitrogens with zero attached hydrogens (tertiary/aromatic N) is 4. The van der Waals surface area contributed by atoms with Crippen LogP contribution in [-0.2, 0) is 13.0 Å². The second kappa shape index (κ2) is 9.25. The molecule has 0 aliphatic carbocycles. The Morgan fingerprint density at radius 3 is 2.68 bits per heavy atom. The molecule has 0 fully saturated rings. The number of aromatic nitrogens is 4. The largest absolute Gasteiger partial charge is 0.497 e. The van der Waals surface area contributed by atoms with Gasteiger partial charge in [0.15, 0.2) is 11.5 Å². The van der Waals surface area contributed by atoms with E-state index in [0.717, 1.165) is 16.9 Å². The standard InChI is InChI=1S/C23H24N6O2/c1-16-4-3-5-18(14-16)23(30)24-13-12-22-27-26-21-11-10-20(28-29(21)22)25-15-17-6-8-19(31-2)9-7-17/h3-11,14H,12-13,15H2,1-2H3,(H,24,30)(H,25,28). The van der Waals surface area contributed by atoms with Crippen molar-refractivity contribution in [3.63, 3.8) is 0 Å². The van der Waals surface area contributed by atoms with Crippen molar-refractivity contribution < 1.29 is 9.53 Å². The summed E-state index contributed by atoms with van der Waals surface area (Å²) in [5.74, 6) is 2.13. The number of benzene rings is 2. The van der Waals surface area contributed by atoms with Crippen LogP contribution in [-0.4, -0.2) is 39.4 Å². The van der Waals surface area contributed by atoms with Crippen LogP contribution in [0.4, 0.5) is 5.82 Å². The number of fused-ring (bicyclic) bond motifs is 1. The zero-order valence-corrected chi connectivity index (χ0v) is 17.5. The lowest BCUT2D eigenvalue weighted by Crippen LogP contribution is -2.26. The fourth-order valence-electron chi connectivity index (χ4n) is 3.20. The quantitative estimate of drug-likeness (QED) is 0.459. The van der Waals surface area contributed by atoms with Crippen LogP contribution in [0.15, 0.2) is 60.7 Å². The van der Waals surface area contributed by atoms with E-state index in [2.05, 4.69) is 25.9 Å². The lowest BCUT2D eigenvalue weighted by atomic mass is 10.1. The van der Waals surface area contributed by atoms with E-state index < -0.39 is 0 Å². The van der Waals surface area contributed by atoms with Crippen molar-refractivity contribution in [3.05, 3.63) is 83.2 Å². The zero-order chi connectivity index (χ0) is 21.6. The highest BCUT2D eigenvalue weighted by atomic mass is 16.5. The lowest BCUT2D eigenvalue weighted by molar-refractivity contribution is 0.0954. The molecule has 0 saturated heterocycles. The maximum atomic E-state index is 12.3. The van der Waals surface area contributed by atoms with E-state index >= 15 is 0 Å². The monoisotopic (exact) mass is 416 g/mol. The summed E-state index contributed by atoms with van der Waals surface area (Å²) >= 11 is 0. The Kier molecular flexibility index (Phi) is 6.07. The fraction of sp³-hybridized carbons (Fsp3) is 0.217. The Morgan fingerprint density at radius 1 is 1.06 bits per heavy atom. The van der Waals surface area contributed by atoms with E-state index in [0.29, 0.717) is 42.4 Å². The second-order valence-electron chi connectivity index (χ2n) is 7.18. The van der Waals surface area contributed by atoms with Crippen molar-refractivity contribution in [2.75, 3.05) is 19.0 Å². The van der Waals surface area contributed by atoms with Gasteiger partial charge in [-0.3, -0.25) is 4.79 Å². The van der Waals surface area contributed by atoms with Crippen LogP contribution in [0.2, 0.25) is 0 Å². The third kappa shape index (κ3) is 4.98. The minimum absolute atomic E-state index is 0.104. The molecule has 8 nitrogen and oxygen atoms in total. The summed E-state index contributed by atoms with van der Waals surface area (Å²) in [6, 6.07) is 19.1. The minimum atomic E-state index is -0.104. The molecule has 0 spiro atoms. The van der Waals surface area contributed by atoms with Crippen molar-refractivity contribution in [1.82, 2.24) is 25.1 Å². The highest BCUT2D eigenvalue weighted by Crippen LogP contribution is 2.13. The van der Waals surface area contributed by atoms with Crippen LogP contribution < -0.4 is 15.4 Å². The summed E-state index contributed by atoms with van der Waals surface area (Å²) in [5, 5.41) is 19.2. The summed E-state index contributed by atoms with van der Waals surface area (Å²) in [6.45, 7) is 3.04. The first-order valence-corrected chi connectivity index (χ1v) is 10.1. The van der Waals surface area contributed by atoms with Gasteiger partial charge in [-0.15, -0.1) is 15.3 Å². The smallest absolute Gasteiger partial charge is 0.251 e.